The number of nitrogen functional groups attached to an aromatic ring is 1. The third-order valence-corrected chi connectivity index (χ3v) is 4.43. The molecule has 0 aliphatic carbocycles. The van der Waals surface area contributed by atoms with Crippen LogP contribution in [-0.4, -0.2) is 29.3 Å². The Hall–Kier alpha value is -1.81. The highest BCUT2D eigenvalue weighted by molar-refractivity contribution is 6.01. The minimum Gasteiger partial charge on any atom is -0.398 e. The lowest BCUT2D eigenvalue weighted by molar-refractivity contribution is 0.279. The van der Waals surface area contributed by atoms with E-state index in [-0.39, 0.29) is 6.61 Å². The molecule has 4 nitrogen and oxygen atoms in total. The van der Waals surface area contributed by atoms with E-state index in [1.54, 1.807) is 0 Å². The quantitative estimate of drug-likeness (QED) is 0.848. The Morgan fingerprint density at radius 1 is 1.38 bits per heavy atom. The van der Waals surface area contributed by atoms with Crippen molar-refractivity contribution in [3.05, 3.63) is 30.1 Å². The van der Waals surface area contributed by atoms with Crippen LogP contribution in [0.4, 0.5) is 11.4 Å². The summed E-state index contributed by atoms with van der Waals surface area (Å²) in [7, 11) is 0. The van der Waals surface area contributed by atoms with Crippen molar-refractivity contribution in [1.82, 2.24) is 4.98 Å². The van der Waals surface area contributed by atoms with Gasteiger partial charge >= 0.3 is 0 Å². The van der Waals surface area contributed by atoms with Gasteiger partial charge in [0.25, 0.3) is 0 Å². The number of aliphatic hydroxyl groups excluding tert-OH is 1. The Morgan fingerprint density at radius 3 is 3.05 bits per heavy atom. The molecule has 0 radical (unpaired) electrons. The van der Waals surface area contributed by atoms with Gasteiger partial charge in [-0.25, -0.2) is 0 Å². The Balaban J connectivity index is 2.03. The van der Waals surface area contributed by atoms with Crippen LogP contribution >= 0.6 is 0 Å². The van der Waals surface area contributed by atoms with Crippen LogP contribution in [0.1, 0.15) is 31.4 Å². The number of nitrogens with zero attached hydrogens (tertiary/aromatic N) is 2. The van der Waals surface area contributed by atoms with Crippen molar-refractivity contribution in [3.8, 4) is 0 Å². The normalized spacial score (nSPS) is 18.6. The maximum atomic E-state index is 9.08. The second-order valence-corrected chi connectivity index (χ2v) is 5.90. The molecule has 4 heteroatoms. The van der Waals surface area contributed by atoms with Crippen molar-refractivity contribution in [2.75, 3.05) is 23.8 Å². The van der Waals surface area contributed by atoms with Gasteiger partial charge in [0.1, 0.15) is 0 Å². The Bertz CT molecular complexity index is 641. The molecule has 1 fully saturated rings. The van der Waals surface area contributed by atoms with Gasteiger partial charge in [-0.3, -0.25) is 4.98 Å². The number of aromatic nitrogens is 1. The Morgan fingerprint density at radius 2 is 2.24 bits per heavy atom. The summed E-state index contributed by atoms with van der Waals surface area (Å²) in [5.74, 6) is 0. The van der Waals surface area contributed by atoms with Crippen LogP contribution in [0.2, 0.25) is 0 Å². The van der Waals surface area contributed by atoms with Crippen LogP contribution in [0, 0.1) is 6.92 Å². The van der Waals surface area contributed by atoms with Crippen molar-refractivity contribution in [3.63, 3.8) is 0 Å². The molecule has 1 aromatic carbocycles. The molecule has 0 bridgehead atoms. The highest BCUT2D eigenvalue weighted by Gasteiger charge is 2.25. The van der Waals surface area contributed by atoms with Crippen LogP contribution in [0.25, 0.3) is 10.8 Å². The van der Waals surface area contributed by atoms with E-state index in [0.29, 0.717) is 6.04 Å². The molecule has 3 N–H and O–H groups in total. The fourth-order valence-corrected chi connectivity index (χ4v) is 3.38. The first-order valence-electron chi connectivity index (χ1n) is 7.73. The molecule has 0 saturated carbocycles. The fourth-order valence-electron chi connectivity index (χ4n) is 3.38. The molecule has 112 valence electrons. The summed E-state index contributed by atoms with van der Waals surface area (Å²) >= 11 is 0. The molecule has 1 atom stereocenters. The fraction of sp³-hybridized carbons (Fsp3) is 0.471. The number of nitrogens with two attached hydrogens (primary N) is 1. The molecule has 21 heavy (non-hydrogen) atoms. The van der Waals surface area contributed by atoms with Gasteiger partial charge in [-0.15, -0.1) is 0 Å². The van der Waals surface area contributed by atoms with Crippen molar-refractivity contribution in [1.29, 1.82) is 0 Å². The highest BCUT2D eigenvalue weighted by Crippen LogP contribution is 2.36. The van der Waals surface area contributed by atoms with Crippen LogP contribution in [0.3, 0.4) is 0 Å². The number of fused-ring (bicyclic) bond motifs is 1. The first-order chi connectivity index (χ1) is 10.2. The summed E-state index contributed by atoms with van der Waals surface area (Å²) in [6.45, 7) is 3.37. The average Bonchev–Trinajstić information content (AvgIpc) is 2.93. The predicted octanol–water partition coefficient (Wildman–Crippen LogP) is 2.87. The molecule has 1 saturated heterocycles. The molecule has 0 amide bonds. The molecule has 1 aliphatic rings. The highest BCUT2D eigenvalue weighted by atomic mass is 16.2. The number of hydrogen-bond donors (Lipinski definition) is 2. The second-order valence-electron chi connectivity index (χ2n) is 5.90. The molecule has 1 aliphatic heterocycles. The number of aryl methyl sites for hydroxylation is 1. The first-order valence-corrected chi connectivity index (χ1v) is 7.73. The zero-order valence-corrected chi connectivity index (χ0v) is 12.5. The summed E-state index contributed by atoms with van der Waals surface area (Å²) in [6, 6.07) is 6.77. The predicted molar refractivity (Wildman–Crippen MR) is 87.6 cm³/mol. The maximum absolute atomic E-state index is 9.08. The minimum atomic E-state index is 0.274. The van der Waals surface area contributed by atoms with Crippen LogP contribution in [-0.2, 0) is 0 Å². The lowest BCUT2D eigenvalue weighted by atomic mass is 10.0. The van der Waals surface area contributed by atoms with Gasteiger partial charge in [0.05, 0.1) is 0 Å². The maximum Gasteiger partial charge on any atom is 0.0451 e. The van der Waals surface area contributed by atoms with Crippen molar-refractivity contribution in [2.45, 2.75) is 38.6 Å². The number of hydrogen-bond acceptors (Lipinski definition) is 4. The molecule has 2 heterocycles. The van der Waals surface area contributed by atoms with Crippen molar-refractivity contribution in [2.24, 2.45) is 0 Å². The van der Waals surface area contributed by atoms with Gasteiger partial charge in [0.2, 0.25) is 0 Å². The molecular formula is C17H23N3O. The van der Waals surface area contributed by atoms with E-state index in [1.807, 2.05) is 19.2 Å². The van der Waals surface area contributed by atoms with Gasteiger partial charge in [0, 0.05) is 53.2 Å². The summed E-state index contributed by atoms with van der Waals surface area (Å²) in [5, 5.41) is 11.3. The molecule has 3 rings (SSSR count). The standard InChI is InChI=1S/C17H23N3O/c1-12-10-14-15(11-19-12)16(18)6-7-17(14)20-8-2-4-13(20)5-3-9-21/h6-7,10-11,13,21H,2-5,8-9,18H2,1H3. The lowest BCUT2D eigenvalue weighted by Gasteiger charge is -2.28. The zero-order chi connectivity index (χ0) is 14.8. The van der Waals surface area contributed by atoms with E-state index in [1.165, 1.54) is 23.9 Å². The third kappa shape index (κ3) is 2.68. The molecule has 0 spiro atoms. The van der Waals surface area contributed by atoms with Crippen LogP contribution < -0.4 is 10.6 Å². The Kier molecular flexibility index (Phi) is 3.97. The number of aliphatic hydroxyl groups is 1. The summed E-state index contributed by atoms with van der Waals surface area (Å²) in [5.41, 5.74) is 9.15. The van der Waals surface area contributed by atoms with E-state index in [4.69, 9.17) is 10.8 Å². The molecular weight excluding hydrogens is 262 g/mol. The van der Waals surface area contributed by atoms with Gasteiger partial charge < -0.3 is 15.7 Å². The lowest BCUT2D eigenvalue weighted by Crippen LogP contribution is -2.29. The zero-order valence-electron chi connectivity index (χ0n) is 12.5. The molecule has 1 unspecified atom stereocenters. The number of anilines is 2. The van der Waals surface area contributed by atoms with Crippen molar-refractivity contribution >= 4 is 22.1 Å². The first kappa shape index (κ1) is 14.1. The largest absolute Gasteiger partial charge is 0.398 e. The SMILES string of the molecule is Cc1cc2c(N3CCCC3CCCO)ccc(N)c2cn1. The van der Waals surface area contributed by atoms with Crippen LogP contribution in [0.15, 0.2) is 24.4 Å². The van der Waals surface area contributed by atoms with E-state index in [9.17, 15) is 0 Å². The minimum absolute atomic E-state index is 0.274. The van der Waals surface area contributed by atoms with Gasteiger partial charge in [-0.1, -0.05) is 0 Å². The number of pyridine rings is 1. The van der Waals surface area contributed by atoms with E-state index in [2.05, 4.69) is 22.0 Å². The number of rotatable bonds is 4. The summed E-state index contributed by atoms with van der Waals surface area (Å²) < 4.78 is 0. The summed E-state index contributed by atoms with van der Waals surface area (Å²) in [4.78, 5) is 6.86. The summed E-state index contributed by atoms with van der Waals surface area (Å²) in [6.07, 6.45) is 6.21. The second kappa shape index (κ2) is 5.90. The van der Waals surface area contributed by atoms with Crippen molar-refractivity contribution < 1.29 is 5.11 Å². The average molecular weight is 285 g/mol. The number of benzene rings is 1. The molecule has 2 aromatic rings. The Labute approximate surface area is 125 Å². The van der Waals surface area contributed by atoms with E-state index in [0.717, 1.165) is 36.2 Å². The van der Waals surface area contributed by atoms with Gasteiger partial charge in [-0.05, 0) is 50.8 Å². The third-order valence-electron chi connectivity index (χ3n) is 4.43. The monoisotopic (exact) mass is 285 g/mol. The van der Waals surface area contributed by atoms with E-state index >= 15 is 0 Å². The van der Waals surface area contributed by atoms with Crippen LogP contribution in [0.5, 0.6) is 0 Å². The van der Waals surface area contributed by atoms with Gasteiger partial charge in [0.15, 0.2) is 0 Å². The van der Waals surface area contributed by atoms with E-state index < -0.39 is 0 Å². The van der Waals surface area contributed by atoms with Gasteiger partial charge in [-0.2, -0.15) is 0 Å². The topological polar surface area (TPSA) is 62.4 Å². The molecule has 1 aromatic heterocycles. The smallest absolute Gasteiger partial charge is 0.0451 e.